The molecule has 0 aliphatic carbocycles. The summed E-state index contributed by atoms with van der Waals surface area (Å²) in [5.41, 5.74) is -3.15. The molecule has 9 heteroatoms. The van der Waals surface area contributed by atoms with E-state index in [0.717, 1.165) is 0 Å². The van der Waals surface area contributed by atoms with Crippen LogP contribution in [0.5, 0.6) is 0 Å². The first-order valence-electron chi connectivity index (χ1n) is 3.51. The van der Waals surface area contributed by atoms with Gasteiger partial charge >= 0.3 is 18.0 Å². The second-order valence-corrected chi connectivity index (χ2v) is 3.27. The summed E-state index contributed by atoms with van der Waals surface area (Å²) in [6.07, 6.45) is -6.38. The highest BCUT2D eigenvalue weighted by Gasteiger charge is 2.78. The lowest BCUT2D eigenvalue weighted by Gasteiger charge is -2.37. The summed E-state index contributed by atoms with van der Waals surface area (Å²) >= 11 is 0. The standard InChI is InChI=1S/C6H8F7NO/c1-3(2,15-14)4(7,8)5(9,10)6(11,12)13/h14H2,1-2H3. The number of halogens is 7. The maximum Gasteiger partial charge on any atom is 0.459 e. The maximum absolute atomic E-state index is 12.8. The fourth-order valence-electron chi connectivity index (χ4n) is 0.630. The van der Waals surface area contributed by atoms with E-state index in [9.17, 15) is 30.7 Å². The van der Waals surface area contributed by atoms with Gasteiger partial charge in [0.05, 0.1) is 0 Å². The molecule has 0 bridgehead atoms. The summed E-state index contributed by atoms with van der Waals surface area (Å²) in [5, 5.41) is 0. The lowest BCUT2D eigenvalue weighted by molar-refractivity contribution is -0.388. The summed E-state index contributed by atoms with van der Waals surface area (Å²) in [5.74, 6) is -7.45. The van der Waals surface area contributed by atoms with Crippen molar-refractivity contribution in [3.8, 4) is 0 Å². The molecule has 0 saturated heterocycles. The largest absolute Gasteiger partial charge is 0.459 e. The Morgan fingerprint density at radius 2 is 1.13 bits per heavy atom. The minimum absolute atomic E-state index is 0.326. The molecular formula is C6H8F7NO. The Kier molecular flexibility index (Phi) is 3.34. The van der Waals surface area contributed by atoms with Gasteiger partial charge in [0.25, 0.3) is 0 Å². The number of nitrogens with two attached hydrogens (primary N) is 1. The van der Waals surface area contributed by atoms with Gasteiger partial charge in [0.15, 0.2) is 5.60 Å². The fourth-order valence-corrected chi connectivity index (χ4v) is 0.630. The van der Waals surface area contributed by atoms with Crippen LogP contribution in [0.1, 0.15) is 13.8 Å². The van der Waals surface area contributed by atoms with Crippen LogP contribution in [0.3, 0.4) is 0 Å². The van der Waals surface area contributed by atoms with E-state index in [1.165, 1.54) is 0 Å². The molecule has 15 heavy (non-hydrogen) atoms. The van der Waals surface area contributed by atoms with Gasteiger partial charge in [-0.1, -0.05) is 0 Å². The lowest BCUT2D eigenvalue weighted by atomic mass is 9.94. The van der Waals surface area contributed by atoms with E-state index in [4.69, 9.17) is 0 Å². The molecule has 0 heterocycles. The molecule has 0 unspecified atom stereocenters. The molecule has 0 atom stereocenters. The SMILES string of the molecule is CC(C)(ON)C(F)(F)C(F)(F)C(F)(F)F. The van der Waals surface area contributed by atoms with Gasteiger partial charge in [0, 0.05) is 0 Å². The van der Waals surface area contributed by atoms with Crippen molar-refractivity contribution in [2.24, 2.45) is 5.90 Å². The Bertz CT molecular complexity index is 234. The summed E-state index contributed by atoms with van der Waals surface area (Å²) in [7, 11) is 0. The molecule has 0 rings (SSSR count). The Balaban J connectivity index is 5.38. The van der Waals surface area contributed by atoms with Crippen LogP contribution in [0.25, 0.3) is 0 Å². The summed E-state index contributed by atoms with van der Waals surface area (Å²) < 4.78 is 85.4. The molecule has 0 amide bonds. The van der Waals surface area contributed by atoms with Gasteiger partial charge < -0.3 is 0 Å². The molecule has 0 aromatic carbocycles. The number of alkyl halides is 7. The molecule has 92 valence electrons. The van der Waals surface area contributed by atoms with E-state index in [1.54, 1.807) is 0 Å². The van der Waals surface area contributed by atoms with E-state index < -0.39 is 23.6 Å². The predicted octanol–water partition coefficient (Wildman–Crippen LogP) is 2.49. The highest BCUT2D eigenvalue weighted by Crippen LogP contribution is 2.51. The van der Waals surface area contributed by atoms with Gasteiger partial charge in [-0.2, -0.15) is 30.7 Å². The van der Waals surface area contributed by atoms with Gasteiger partial charge in [-0.15, -0.1) is 0 Å². The van der Waals surface area contributed by atoms with Crippen LogP contribution in [-0.4, -0.2) is 23.6 Å². The summed E-state index contributed by atoms with van der Waals surface area (Å²) in [4.78, 5) is 3.45. The molecule has 0 radical (unpaired) electrons. The minimum Gasteiger partial charge on any atom is -0.292 e. The first-order chi connectivity index (χ1) is 6.31. The van der Waals surface area contributed by atoms with Crippen LogP contribution in [0, 0.1) is 0 Å². The number of hydrogen-bond donors (Lipinski definition) is 1. The topological polar surface area (TPSA) is 35.2 Å². The van der Waals surface area contributed by atoms with Gasteiger partial charge in [0.1, 0.15) is 0 Å². The molecule has 2 N–H and O–H groups in total. The van der Waals surface area contributed by atoms with E-state index in [-0.39, 0.29) is 0 Å². The average Bonchev–Trinajstić information content (AvgIpc) is 2.01. The van der Waals surface area contributed by atoms with Crippen LogP contribution in [-0.2, 0) is 4.84 Å². The van der Waals surface area contributed by atoms with E-state index in [1.807, 2.05) is 0 Å². The molecule has 0 aromatic rings. The van der Waals surface area contributed by atoms with Crippen LogP contribution in [0.15, 0.2) is 0 Å². The number of rotatable bonds is 3. The molecule has 0 aromatic heterocycles. The minimum atomic E-state index is -6.38. The van der Waals surface area contributed by atoms with Crippen molar-refractivity contribution in [2.75, 3.05) is 0 Å². The van der Waals surface area contributed by atoms with Crippen molar-refractivity contribution in [1.29, 1.82) is 0 Å². The van der Waals surface area contributed by atoms with E-state index in [0.29, 0.717) is 13.8 Å². The van der Waals surface area contributed by atoms with Crippen LogP contribution in [0.2, 0.25) is 0 Å². The van der Waals surface area contributed by atoms with Crippen molar-refractivity contribution >= 4 is 0 Å². The average molecular weight is 243 g/mol. The van der Waals surface area contributed by atoms with Gasteiger partial charge in [-0.05, 0) is 13.8 Å². The van der Waals surface area contributed by atoms with Crippen molar-refractivity contribution in [3.05, 3.63) is 0 Å². The monoisotopic (exact) mass is 243 g/mol. The van der Waals surface area contributed by atoms with Crippen molar-refractivity contribution in [1.82, 2.24) is 0 Å². The number of hydrogen-bond acceptors (Lipinski definition) is 2. The van der Waals surface area contributed by atoms with Gasteiger partial charge in [-0.25, -0.2) is 5.90 Å². The molecule has 0 saturated carbocycles. The summed E-state index contributed by atoms with van der Waals surface area (Å²) in [6, 6.07) is 0. The highest BCUT2D eigenvalue weighted by atomic mass is 19.4. The fraction of sp³-hybridized carbons (Fsp3) is 1.00. The quantitative estimate of drug-likeness (QED) is 0.610. The molecule has 2 nitrogen and oxygen atoms in total. The van der Waals surface area contributed by atoms with Crippen LogP contribution < -0.4 is 5.90 Å². The molecule has 0 fully saturated rings. The van der Waals surface area contributed by atoms with Crippen molar-refractivity contribution in [3.63, 3.8) is 0 Å². The first kappa shape index (κ1) is 14.4. The zero-order valence-electron chi connectivity index (χ0n) is 7.63. The third-order valence-electron chi connectivity index (χ3n) is 1.80. The normalized spacial score (nSPS) is 15.6. The Morgan fingerprint density at radius 1 is 0.800 bits per heavy atom. The highest BCUT2D eigenvalue weighted by molar-refractivity contribution is 5.01. The maximum atomic E-state index is 12.8. The molecular weight excluding hydrogens is 235 g/mol. The Hall–Kier alpha value is -0.570. The second kappa shape index (κ2) is 3.48. The third-order valence-corrected chi connectivity index (χ3v) is 1.80. The van der Waals surface area contributed by atoms with Gasteiger partial charge in [-0.3, -0.25) is 4.84 Å². The van der Waals surface area contributed by atoms with Gasteiger partial charge in [0.2, 0.25) is 0 Å². The Morgan fingerprint density at radius 3 is 1.33 bits per heavy atom. The van der Waals surface area contributed by atoms with Crippen molar-refractivity contribution < 1.29 is 35.6 Å². The molecule has 0 spiro atoms. The van der Waals surface area contributed by atoms with E-state index in [2.05, 4.69) is 10.7 Å². The van der Waals surface area contributed by atoms with Crippen molar-refractivity contribution in [2.45, 2.75) is 37.5 Å². The van der Waals surface area contributed by atoms with Crippen LogP contribution in [0.4, 0.5) is 30.7 Å². The van der Waals surface area contributed by atoms with E-state index >= 15 is 0 Å². The molecule has 0 aliphatic heterocycles. The third kappa shape index (κ3) is 2.03. The smallest absolute Gasteiger partial charge is 0.292 e. The zero-order valence-corrected chi connectivity index (χ0v) is 7.63. The summed E-state index contributed by atoms with van der Waals surface area (Å²) in [6.45, 7) is 0.652. The first-order valence-corrected chi connectivity index (χ1v) is 3.51. The molecule has 0 aliphatic rings. The Labute approximate surface area is 80.1 Å². The zero-order chi connectivity index (χ0) is 12.7. The predicted molar refractivity (Wildman–Crippen MR) is 35.3 cm³/mol. The second-order valence-electron chi connectivity index (χ2n) is 3.27. The lowest BCUT2D eigenvalue weighted by Crippen LogP contribution is -2.63. The van der Waals surface area contributed by atoms with Crippen LogP contribution >= 0.6 is 0 Å².